The van der Waals surface area contributed by atoms with Crippen LogP contribution < -0.4 is 4.74 Å². The molecule has 0 saturated heterocycles. The summed E-state index contributed by atoms with van der Waals surface area (Å²) in [7, 11) is 0.287. The van der Waals surface area contributed by atoms with Crippen LogP contribution in [-0.4, -0.2) is 27.4 Å². The molecule has 0 bridgehead atoms. The molecule has 4 aliphatic carbocycles. The number of halogens is 1. The zero-order chi connectivity index (χ0) is 38.3. The van der Waals surface area contributed by atoms with Crippen LogP contribution in [0.4, 0.5) is 4.39 Å². The van der Waals surface area contributed by atoms with Crippen molar-refractivity contribution in [2.24, 2.45) is 40.4 Å². The van der Waals surface area contributed by atoms with E-state index >= 15 is 4.39 Å². The van der Waals surface area contributed by atoms with Gasteiger partial charge in [-0.15, -0.1) is 0 Å². The molecule has 0 aliphatic heterocycles. The number of ether oxygens (including phenoxy) is 1. The van der Waals surface area contributed by atoms with Crippen LogP contribution in [0.2, 0.25) is 5.04 Å². The Kier molecular flexibility index (Phi) is 11.7. The summed E-state index contributed by atoms with van der Waals surface area (Å²) in [5, 5.41) is 11.0. The molecular formula is C49H66FO3Si. The molecule has 1 N–H and O–H groups in total. The van der Waals surface area contributed by atoms with Gasteiger partial charge in [-0.2, -0.15) is 0 Å². The van der Waals surface area contributed by atoms with Gasteiger partial charge < -0.3 is 14.3 Å². The Morgan fingerprint density at radius 1 is 0.815 bits per heavy atom. The Labute approximate surface area is 327 Å². The molecule has 5 heteroatoms. The van der Waals surface area contributed by atoms with Crippen LogP contribution in [0.5, 0.6) is 5.75 Å². The highest BCUT2D eigenvalue weighted by Gasteiger charge is 2.60. The second kappa shape index (κ2) is 16.0. The molecule has 0 aromatic heterocycles. The lowest BCUT2D eigenvalue weighted by atomic mass is 9.47. The van der Waals surface area contributed by atoms with Gasteiger partial charge in [-0.3, -0.25) is 0 Å². The zero-order valence-corrected chi connectivity index (χ0v) is 35.1. The molecule has 7 rings (SSSR count). The van der Waals surface area contributed by atoms with Crippen LogP contribution >= 0.6 is 0 Å². The van der Waals surface area contributed by atoms with Crippen molar-refractivity contribution in [1.82, 2.24) is 0 Å². The minimum absolute atomic E-state index is 0.0197. The quantitative estimate of drug-likeness (QED) is 0.187. The van der Waals surface area contributed by atoms with Gasteiger partial charge in [0.25, 0.3) is 0 Å². The number of fused-ring (bicyclic) bond motifs is 5. The van der Waals surface area contributed by atoms with Gasteiger partial charge in [0.15, 0.2) is 0 Å². The topological polar surface area (TPSA) is 38.7 Å². The second-order valence-corrected chi connectivity index (χ2v) is 22.2. The number of hydrogen-bond acceptors (Lipinski definition) is 3. The van der Waals surface area contributed by atoms with E-state index in [1.54, 1.807) is 7.11 Å². The van der Waals surface area contributed by atoms with Crippen molar-refractivity contribution < 1.29 is 18.7 Å². The fraction of sp³-hybridized carbons (Fsp3) is 0.592. The van der Waals surface area contributed by atoms with E-state index in [-0.39, 0.29) is 33.3 Å². The number of hydrogen-bond donors (Lipinski definition) is 1. The van der Waals surface area contributed by atoms with Crippen molar-refractivity contribution in [2.45, 2.75) is 135 Å². The number of para-hydroxylation sites is 1. The van der Waals surface area contributed by atoms with Gasteiger partial charge in [-0.1, -0.05) is 133 Å². The third kappa shape index (κ3) is 7.55. The Hall–Kier alpha value is -2.73. The van der Waals surface area contributed by atoms with E-state index in [1.165, 1.54) is 29.5 Å². The Balaban J connectivity index is 1.04. The van der Waals surface area contributed by atoms with Crippen molar-refractivity contribution in [1.29, 1.82) is 0 Å². The zero-order valence-electron chi connectivity index (χ0n) is 34.1. The largest absolute Gasteiger partial charge is 0.496 e. The van der Waals surface area contributed by atoms with Crippen LogP contribution in [0.3, 0.4) is 0 Å². The molecule has 0 amide bonds. The minimum atomic E-state index is -1.38. The first-order valence-electron chi connectivity index (χ1n) is 21.2. The molecule has 291 valence electrons. The average Bonchev–Trinajstić information content (AvgIpc) is 3.52. The smallest absolute Gasteiger partial charge is 0.229 e. The summed E-state index contributed by atoms with van der Waals surface area (Å²) in [5.74, 6) is 3.20. The maximum absolute atomic E-state index is 16.9. The first kappa shape index (κ1) is 39.5. The molecule has 3 nitrogen and oxygen atoms in total. The summed E-state index contributed by atoms with van der Waals surface area (Å²) in [6, 6.07) is 29.8. The van der Waals surface area contributed by atoms with E-state index in [1.807, 2.05) is 24.3 Å². The van der Waals surface area contributed by atoms with E-state index in [9.17, 15) is 5.11 Å². The summed E-state index contributed by atoms with van der Waals surface area (Å²) in [6.07, 6.45) is 10.9. The predicted molar refractivity (Wildman–Crippen MR) is 221 cm³/mol. The molecule has 0 heterocycles. The summed E-state index contributed by atoms with van der Waals surface area (Å²) >= 11 is 0. The highest BCUT2D eigenvalue weighted by Crippen LogP contribution is 2.68. The van der Waals surface area contributed by atoms with Crippen molar-refractivity contribution >= 4 is 9.04 Å². The highest BCUT2D eigenvalue weighted by molar-refractivity contribution is 6.58. The van der Waals surface area contributed by atoms with Gasteiger partial charge in [0.1, 0.15) is 11.6 Å². The van der Waals surface area contributed by atoms with Gasteiger partial charge in [0.05, 0.1) is 13.2 Å². The normalized spacial score (nSPS) is 30.8. The Morgan fingerprint density at radius 3 is 2.07 bits per heavy atom. The lowest BCUT2D eigenvalue weighted by molar-refractivity contribution is -0.0457. The first-order chi connectivity index (χ1) is 25.8. The van der Waals surface area contributed by atoms with Crippen molar-refractivity contribution in [3.63, 3.8) is 0 Å². The molecule has 2 unspecified atom stereocenters. The fourth-order valence-electron chi connectivity index (χ4n) is 12.2. The molecule has 54 heavy (non-hydrogen) atoms. The molecule has 4 aliphatic rings. The van der Waals surface area contributed by atoms with Gasteiger partial charge >= 0.3 is 0 Å². The Bertz CT molecular complexity index is 1700. The van der Waals surface area contributed by atoms with Gasteiger partial charge in [0.2, 0.25) is 9.04 Å². The van der Waals surface area contributed by atoms with E-state index in [0.717, 1.165) is 62.7 Å². The summed E-state index contributed by atoms with van der Waals surface area (Å²) in [6.45, 7) is 14.6. The lowest BCUT2D eigenvalue weighted by Gasteiger charge is -2.58. The second-order valence-electron chi connectivity index (χ2n) is 19.1. The number of aliphatic hydroxyl groups excluding tert-OH is 1. The first-order valence-corrected chi connectivity index (χ1v) is 22.7. The van der Waals surface area contributed by atoms with Gasteiger partial charge in [0, 0.05) is 23.6 Å². The summed E-state index contributed by atoms with van der Waals surface area (Å²) in [4.78, 5) is 0. The van der Waals surface area contributed by atoms with E-state index in [2.05, 4.69) is 102 Å². The number of methoxy groups -OCH3 is 1. The molecule has 3 fully saturated rings. The third-order valence-corrected chi connectivity index (χ3v) is 18.3. The SMILES string of the molecule is COc1ccccc1C(O)CCC[C@@H](C)[C@H]1CC[C@H]2C3=C(F)CC4C[C@@H](O[Si](C(c5ccccc5)c5ccccc5)C(C)(C)C)CC[C@]4(C)[C@H]3CC[C@]12C. The van der Waals surface area contributed by atoms with Crippen LogP contribution in [0, 0.1) is 40.4 Å². The van der Waals surface area contributed by atoms with Crippen molar-refractivity contribution in [3.05, 3.63) is 113 Å². The number of benzene rings is 3. The summed E-state index contributed by atoms with van der Waals surface area (Å²) in [5.41, 5.74) is 5.31. The molecule has 3 aromatic carbocycles. The van der Waals surface area contributed by atoms with Crippen LogP contribution in [-0.2, 0) is 4.43 Å². The van der Waals surface area contributed by atoms with Gasteiger partial charge in [-0.25, -0.2) is 4.39 Å². The number of allylic oxidation sites excluding steroid dienone is 2. The fourth-order valence-corrected chi connectivity index (χ4v) is 15.1. The molecule has 3 saturated carbocycles. The van der Waals surface area contributed by atoms with Crippen LogP contribution in [0.1, 0.15) is 141 Å². The number of rotatable bonds is 12. The third-order valence-electron chi connectivity index (χ3n) is 15.0. The molecular weight excluding hydrogens is 684 g/mol. The average molecular weight is 750 g/mol. The van der Waals surface area contributed by atoms with Crippen molar-refractivity contribution in [3.8, 4) is 5.75 Å². The molecule has 1 radical (unpaired) electrons. The predicted octanol–water partition coefficient (Wildman–Crippen LogP) is 13.0. The maximum atomic E-state index is 16.9. The summed E-state index contributed by atoms with van der Waals surface area (Å²) < 4.78 is 29.8. The minimum Gasteiger partial charge on any atom is -0.496 e. The highest BCUT2D eigenvalue weighted by atomic mass is 28.3. The van der Waals surface area contributed by atoms with E-state index < -0.39 is 15.1 Å². The van der Waals surface area contributed by atoms with Crippen LogP contribution in [0.25, 0.3) is 0 Å². The van der Waals surface area contributed by atoms with Crippen LogP contribution in [0.15, 0.2) is 96.3 Å². The van der Waals surface area contributed by atoms with E-state index in [4.69, 9.17) is 9.16 Å². The standard InChI is InChI=1S/C49H66FO3Si/c1-33(17-16-23-43(51)38-22-14-15-24-44(38)52-7)39-25-26-40-45-41(28-30-49(39,40)6)48(5)29-27-37(31-36(48)32-42(45)50)53-54(47(2,3)4)46(34-18-10-8-11-19-34)35-20-12-9-13-21-35/h8-15,18-22,24,33,36-37,39-41,43,46,51H,16-17,23,25-32H2,1-7H3/t33-,36?,37+,39-,40+,41+,43?,48+,49-/m1/s1. The van der Waals surface area contributed by atoms with E-state index in [0.29, 0.717) is 36.0 Å². The van der Waals surface area contributed by atoms with Crippen molar-refractivity contribution in [2.75, 3.05) is 7.11 Å². The lowest BCUT2D eigenvalue weighted by Crippen LogP contribution is -2.52. The maximum Gasteiger partial charge on any atom is 0.229 e. The molecule has 3 aromatic rings. The number of aliphatic hydroxyl groups is 1. The Morgan fingerprint density at radius 2 is 1.43 bits per heavy atom. The monoisotopic (exact) mass is 749 g/mol. The molecule has 9 atom stereocenters. The molecule has 0 spiro atoms. The van der Waals surface area contributed by atoms with Gasteiger partial charge in [-0.05, 0) is 120 Å².